The van der Waals surface area contributed by atoms with Crippen molar-refractivity contribution in [1.29, 1.82) is 0 Å². The minimum Gasteiger partial charge on any atom is -0.358 e. The topological polar surface area (TPSA) is 49.4 Å². The van der Waals surface area contributed by atoms with Crippen LogP contribution in [0.5, 0.6) is 0 Å². The van der Waals surface area contributed by atoms with Gasteiger partial charge in [-0.3, -0.25) is 14.5 Å². The summed E-state index contributed by atoms with van der Waals surface area (Å²) in [6, 6.07) is 21.7. The van der Waals surface area contributed by atoms with Gasteiger partial charge in [-0.1, -0.05) is 73.7 Å². The number of nitrogens with one attached hydrogen (secondary N) is 1. The molecule has 4 nitrogen and oxygen atoms in total. The number of benzene rings is 3. The first-order valence-electron chi connectivity index (χ1n) is 11.5. The van der Waals surface area contributed by atoms with Crippen molar-refractivity contribution in [2.45, 2.75) is 45.1 Å². The lowest BCUT2D eigenvalue weighted by Gasteiger charge is -2.34. The number of hydrogen-bond donors (Lipinski definition) is 1. The first-order chi connectivity index (χ1) is 16.3. The SMILES string of the molecule is C=C(Nc1ccc(C)cc1)[C@H]([C@@H](C)c1ccccc1)N1C(=O)CC(c2ccc(C)c(F)c2)C1=O. The Morgan fingerprint density at radius 1 is 1.03 bits per heavy atom. The Kier molecular flexibility index (Phi) is 6.64. The largest absolute Gasteiger partial charge is 0.358 e. The van der Waals surface area contributed by atoms with Crippen molar-refractivity contribution in [3.05, 3.63) is 113 Å². The van der Waals surface area contributed by atoms with E-state index in [0.29, 0.717) is 16.8 Å². The van der Waals surface area contributed by atoms with Crippen molar-refractivity contribution in [2.24, 2.45) is 0 Å². The molecule has 34 heavy (non-hydrogen) atoms. The van der Waals surface area contributed by atoms with Gasteiger partial charge >= 0.3 is 0 Å². The summed E-state index contributed by atoms with van der Waals surface area (Å²) < 4.78 is 14.2. The predicted molar refractivity (Wildman–Crippen MR) is 133 cm³/mol. The van der Waals surface area contributed by atoms with Crippen LogP contribution >= 0.6 is 0 Å². The maximum absolute atomic E-state index is 14.2. The van der Waals surface area contributed by atoms with E-state index in [9.17, 15) is 14.0 Å². The molecule has 1 heterocycles. The van der Waals surface area contributed by atoms with Gasteiger partial charge in [-0.25, -0.2) is 4.39 Å². The number of carbonyl (C=O) groups excluding carboxylic acids is 2. The van der Waals surface area contributed by atoms with Gasteiger partial charge in [0.2, 0.25) is 11.8 Å². The second-order valence-corrected chi connectivity index (χ2v) is 9.03. The summed E-state index contributed by atoms with van der Waals surface area (Å²) in [6.45, 7) is 9.91. The van der Waals surface area contributed by atoms with E-state index in [-0.39, 0.29) is 30.0 Å². The summed E-state index contributed by atoms with van der Waals surface area (Å²) >= 11 is 0. The van der Waals surface area contributed by atoms with Gasteiger partial charge in [0.15, 0.2) is 0 Å². The number of hydrogen-bond acceptors (Lipinski definition) is 3. The highest BCUT2D eigenvalue weighted by molar-refractivity contribution is 6.07. The number of aryl methyl sites for hydroxylation is 2. The smallest absolute Gasteiger partial charge is 0.237 e. The van der Waals surface area contributed by atoms with E-state index in [2.05, 4.69) is 11.9 Å². The molecule has 1 aliphatic rings. The minimum atomic E-state index is -0.708. The van der Waals surface area contributed by atoms with E-state index < -0.39 is 12.0 Å². The van der Waals surface area contributed by atoms with E-state index in [0.717, 1.165) is 16.8 Å². The Labute approximate surface area is 200 Å². The third-order valence-electron chi connectivity index (χ3n) is 6.57. The van der Waals surface area contributed by atoms with Crippen LogP contribution in [0.3, 0.4) is 0 Å². The number of rotatable bonds is 7. The summed E-state index contributed by atoms with van der Waals surface area (Å²) in [4.78, 5) is 28.2. The molecule has 3 atom stereocenters. The van der Waals surface area contributed by atoms with Crippen molar-refractivity contribution in [2.75, 3.05) is 5.32 Å². The van der Waals surface area contributed by atoms with Gasteiger partial charge in [-0.2, -0.15) is 0 Å². The molecule has 1 N–H and O–H groups in total. The first-order valence-corrected chi connectivity index (χ1v) is 11.5. The van der Waals surface area contributed by atoms with Gasteiger partial charge in [-0.05, 0) is 48.7 Å². The van der Waals surface area contributed by atoms with E-state index in [1.807, 2.05) is 68.4 Å². The van der Waals surface area contributed by atoms with Crippen LogP contribution < -0.4 is 5.32 Å². The molecule has 1 saturated heterocycles. The lowest BCUT2D eigenvalue weighted by atomic mass is 9.90. The van der Waals surface area contributed by atoms with Crippen molar-refractivity contribution in [1.82, 2.24) is 4.90 Å². The van der Waals surface area contributed by atoms with E-state index in [1.54, 1.807) is 19.1 Å². The number of nitrogens with zero attached hydrogens (tertiary/aromatic N) is 1. The normalized spacial score (nSPS) is 17.5. The lowest BCUT2D eigenvalue weighted by molar-refractivity contribution is -0.141. The highest BCUT2D eigenvalue weighted by Crippen LogP contribution is 2.37. The highest BCUT2D eigenvalue weighted by atomic mass is 19.1. The van der Waals surface area contributed by atoms with Gasteiger partial charge in [0, 0.05) is 23.7 Å². The van der Waals surface area contributed by atoms with Crippen LogP contribution in [0.2, 0.25) is 0 Å². The second-order valence-electron chi connectivity index (χ2n) is 9.03. The minimum absolute atomic E-state index is 0.0111. The molecule has 0 saturated carbocycles. The Balaban J connectivity index is 1.69. The van der Waals surface area contributed by atoms with Gasteiger partial charge in [0.05, 0.1) is 12.0 Å². The zero-order valence-corrected chi connectivity index (χ0v) is 19.7. The van der Waals surface area contributed by atoms with E-state index in [4.69, 9.17) is 0 Å². The molecule has 0 radical (unpaired) electrons. The fourth-order valence-electron chi connectivity index (χ4n) is 4.55. The van der Waals surface area contributed by atoms with Crippen LogP contribution in [0, 0.1) is 19.7 Å². The number of amides is 2. The number of anilines is 1. The van der Waals surface area contributed by atoms with Crippen molar-refractivity contribution in [3.8, 4) is 0 Å². The molecule has 0 aliphatic carbocycles. The zero-order valence-electron chi connectivity index (χ0n) is 19.7. The number of likely N-dealkylation sites (tertiary alicyclic amines) is 1. The Morgan fingerprint density at radius 2 is 1.71 bits per heavy atom. The lowest BCUT2D eigenvalue weighted by Crippen LogP contribution is -2.45. The fraction of sp³-hybridized carbons (Fsp3) is 0.241. The van der Waals surface area contributed by atoms with Crippen molar-refractivity contribution < 1.29 is 14.0 Å². The fourth-order valence-corrected chi connectivity index (χ4v) is 4.55. The van der Waals surface area contributed by atoms with Crippen LogP contribution in [-0.2, 0) is 9.59 Å². The van der Waals surface area contributed by atoms with Crippen LogP contribution in [0.1, 0.15) is 47.4 Å². The molecule has 1 fully saturated rings. The zero-order chi connectivity index (χ0) is 24.4. The molecule has 3 aromatic rings. The second kappa shape index (κ2) is 9.64. The summed E-state index contributed by atoms with van der Waals surface area (Å²) in [6.07, 6.45) is 0.0111. The first kappa shape index (κ1) is 23.4. The summed E-state index contributed by atoms with van der Waals surface area (Å²) in [5.41, 5.74) is 4.53. The van der Waals surface area contributed by atoms with Crippen LogP contribution in [0.4, 0.5) is 10.1 Å². The highest BCUT2D eigenvalue weighted by Gasteiger charge is 2.45. The monoisotopic (exact) mass is 456 g/mol. The standard InChI is InChI=1S/C29H29FN2O2/c1-18-10-14-24(15-11-18)31-21(4)28(20(3)22-8-6-5-7-9-22)32-27(33)17-25(29(32)34)23-13-12-19(2)26(30)16-23/h5-16,20,25,28,31H,4,17H2,1-3H3/t20-,25?,28-/m0/s1. The molecule has 1 aliphatic heterocycles. The van der Waals surface area contributed by atoms with E-state index >= 15 is 0 Å². The van der Waals surface area contributed by atoms with Gasteiger partial charge in [-0.15, -0.1) is 0 Å². The molecule has 4 rings (SSSR count). The molecular weight excluding hydrogens is 427 g/mol. The Hall–Kier alpha value is -3.73. The summed E-state index contributed by atoms with van der Waals surface area (Å²) in [5, 5.41) is 3.31. The summed E-state index contributed by atoms with van der Waals surface area (Å²) in [7, 11) is 0. The quantitative estimate of drug-likeness (QED) is 0.438. The molecule has 5 heteroatoms. The molecule has 0 aromatic heterocycles. The van der Waals surface area contributed by atoms with Crippen molar-refractivity contribution in [3.63, 3.8) is 0 Å². The van der Waals surface area contributed by atoms with Gasteiger partial charge in [0.1, 0.15) is 5.82 Å². The van der Waals surface area contributed by atoms with Gasteiger partial charge < -0.3 is 5.32 Å². The predicted octanol–water partition coefficient (Wildman–Crippen LogP) is 6.08. The Bertz CT molecular complexity index is 1220. The molecule has 2 amide bonds. The van der Waals surface area contributed by atoms with Crippen LogP contribution in [-0.4, -0.2) is 22.8 Å². The maximum atomic E-state index is 14.2. The van der Waals surface area contributed by atoms with Crippen LogP contribution in [0.25, 0.3) is 0 Å². The average molecular weight is 457 g/mol. The summed E-state index contributed by atoms with van der Waals surface area (Å²) in [5.74, 6) is -1.90. The Morgan fingerprint density at radius 3 is 2.35 bits per heavy atom. The number of carbonyl (C=O) groups is 2. The average Bonchev–Trinajstić information content (AvgIpc) is 3.12. The third kappa shape index (κ3) is 4.65. The van der Waals surface area contributed by atoms with E-state index in [1.165, 1.54) is 11.0 Å². The number of halogens is 1. The molecule has 0 bridgehead atoms. The molecule has 174 valence electrons. The number of imide groups is 1. The molecule has 1 unspecified atom stereocenters. The molecule has 3 aromatic carbocycles. The maximum Gasteiger partial charge on any atom is 0.237 e. The molecular formula is C29H29FN2O2. The molecule has 0 spiro atoms. The van der Waals surface area contributed by atoms with Crippen molar-refractivity contribution >= 4 is 17.5 Å². The van der Waals surface area contributed by atoms with Crippen LogP contribution in [0.15, 0.2) is 85.1 Å². The van der Waals surface area contributed by atoms with Gasteiger partial charge in [0.25, 0.3) is 0 Å². The third-order valence-corrected chi connectivity index (χ3v) is 6.57.